The van der Waals surface area contributed by atoms with E-state index in [0.29, 0.717) is 12.5 Å². The molecule has 0 aromatic carbocycles. The highest BCUT2D eigenvalue weighted by Crippen LogP contribution is 2.29. The van der Waals surface area contributed by atoms with Gasteiger partial charge < -0.3 is 4.74 Å². The van der Waals surface area contributed by atoms with Crippen LogP contribution in [0, 0.1) is 5.92 Å². The first kappa shape index (κ1) is 15.0. The van der Waals surface area contributed by atoms with E-state index >= 15 is 0 Å². The maximum atomic E-state index is 5.62. The lowest BCUT2D eigenvalue weighted by atomic mass is 9.96. The van der Waals surface area contributed by atoms with Gasteiger partial charge in [0.1, 0.15) is 0 Å². The van der Waals surface area contributed by atoms with E-state index in [-0.39, 0.29) is 6.04 Å². The summed E-state index contributed by atoms with van der Waals surface area (Å²) in [7, 11) is 1.70. The third kappa shape index (κ3) is 4.30. The van der Waals surface area contributed by atoms with Crippen molar-refractivity contribution in [1.82, 2.24) is 10.4 Å². The minimum absolute atomic E-state index is 0.00706. The van der Waals surface area contributed by atoms with Crippen LogP contribution in [0.25, 0.3) is 0 Å². The fraction of sp³-hybridized carbons (Fsp3) is 0.545. The number of nitrogens with two attached hydrogens (primary N) is 1. The number of halogens is 2. The van der Waals surface area contributed by atoms with Gasteiger partial charge in [-0.3, -0.25) is 16.3 Å². The number of hydrogen-bond donors (Lipinski definition) is 2. The number of hydrazine groups is 1. The first-order chi connectivity index (χ1) is 8.10. The Balaban J connectivity index is 2.85. The van der Waals surface area contributed by atoms with Gasteiger partial charge in [-0.15, -0.1) is 0 Å². The van der Waals surface area contributed by atoms with Crippen LogP contribution in [-0.4, -0.2) is 18.7 Å². The molecule has 0 amide bonds. The summed E-state index contributed by atoms with van der Waals surface area (Å²) in [4.78, 5) is 4.40. The molecule has 0 fully saturated rings. The molecule has 0 aliphatic carbocycles. The Bertz CT molecular complexity index is 363. The Morgan fingerprint density at radius 3 is 2.76 bits per heavy atom. The third-order valence-corrected chi connectivity index (χ3v) is 3.73. The Kier molecular flexibility index (Phi) is 6.58. The molecular weight excluding hydrogens is 350 g/mol. The van der Waals surface area contributed by atoms with Crippen LogP contribution < -0.4 is 11.3 Å². The van der Waals surface area contributed by atoms with Crippen LogP contribution in [0.2, 0.25) is 0 Å². The second-order valence-electron chi connectivity index (χ2n) is 3.92. The molecule has 1 heterocycles. The molecular formula is C11H17Br2N3O. The fourth-order valence-electron chi connectivity index (χ4n) is 1.64. The van der Waals surface area contributed by atoms with Crippen molar-refractivity contribution in [3.8, 4) is 0 Å². The summed E-state index contributed by atoms with van der Waals surface area (Å²) in [6.07, 6.45) is 2.70. The lowest BCUT2D eigenvalue weighted by Crippen LogP contribution is -2.34. The Morgan fingerprint density at radius 2 is 2.24 bits per heavy atom. The summed E-state index contributed by atoms with van der Waals surface area (Å²) in [5.74, 6) is 5.96. The largest absolute Gasteiger partial charge is 0.385 e. The first-order valence-corrected chi connectivity index (χ1v) is 6.94. The van der Waals surface area contributed by atoms with Crippen LogP contribution in [-0.2, 0) is 4.74 Å². The molecule has 6 heteroatoms. The van der Waals surface area contributed by atoms with Crippen molar-refractivity contribution in [3.63, 3.8) is 0 Å². The summed E-state index contributed by atoms with van der Waals surface area (Å²) < 4.78 is 6.97. The molecule has 17 heavy (non-hydrogen) atoms. The number of rotatable bonds is 6. The maximum absolute atomic E-state index is 5.62. The van der Waals surface area contributed by atoms with Crippen LogP contribution in [0.3, 0.4) is 0 Å². The van der Waals surface area contributed by atoms with Crippen molar-refractivity contribution < 1.29 is 4.74 Å². The van der Waals surface area contributed by atoms with Gasteiger partial charge in [0.2, 0.25) is 0 Å². The number of nitrogens with zero attached hydrogens (tertiary/aromatic N) is 1. The monoisotopic (exact) mass is 365 g/mol. The average Bonchev–Trinajstić information content (AvgIpc) is 2.30. The number of ether oxygens (including phenoxy) is 1. The van der Waals surface area contributed by atoms with Crippen molar-refractivity contribution >= 4 is 31.9 Å². The van der Waals surface area contributed by atoms with Gasteiger partial charge in [-0.1, -0.05) is 6.92 Å². The smallest absolute Gasteiger partial charge is 0.0731 e. The van der Waals surface area contributed by atoms with Gasteiger partial charge in [0.25, 0.3) is 0 Å². The van der Waals surface area contributed by atoms with Crippen LogP contribution >= 0.6 is 31.9 Å². The van der Waals surface area contributed by atoms with E-state index in [1.807, 2.05) is 6.07 Å². The Hall–Kier alpha value is -0.0100. The van der Waals surface area contributed by atoms with Crippen molar-refractivity contribution in [1.29, 1.82) is 0 Å². The van der Waals surface area contributed by atoms with Crippen LogP contribution in [0.4, 0.5) is 0 Å². The van der Waals surface area contributed by atoms with Crippen molar-refractivity contribution in [2.24, 2.45) is 11.8 Å². The minimum Gasteiger partial charge on any atom is -0.385 e. The van der Waals surface area contributed by atoms with E-state index in [4.69, 9.17) is 10.6 Å². The zero-order valence-electron chi connectivity index (χ0n) is 9.91. The molecule has 2 atom stereocenters. The summed E-state index contributed by atoms with van der Waals surface area (Å²) >= 11 is 6.89. The molecule has 96 valence electrons. The molecule has 3 N–H and O–H groups in total. The van der Waals surface area contributed by atoms with E-state index in [1.165, 1.54) is 0 Å². The van der Waals surface area contributed by atoms with Gasteiger partial charge in [-0.2, -0.15) is 0 Å². The molecule has 0 saturated carbocycles. The summed E-state index contributed by atoms with van der Waals surface area (Å²) in [6, 6.07) is 1.98. The topological polar surface area (TPSA) is 60.2 Å². The Labute approximate surface area is 119 Å². The molecule has 4 nitrogen and oxygen atoms in total. The van der Waals surface area contributed by atoms with Gasteiger partial charge in [0, 0.05) is 28.9 Å². The lowest BCUT2D eigenvalue weighted by molar-refractivity contribution is 0.169. The fourth-order valence-corrected chi connectivity index (χ4v) is 2.87. The lowest BCUT2D eigenvalue weighted by Gasteiger charge is -2.23. The molecule has 1 aromatic rings. The zero-order valence-corrected chi connectivity index (χ0v) is 13.1. The normalized spacial score (nSPS) is 14.6. The quantitative estimate of drug-likeness (QED) is 0.600. The van der Waals surface area contributed by atoms with Gasteiger partial charge in [-0.25, -0.2) is 0 Å². The molecule has 0 saturated heterocycles. The summed E-state index contributed by atoms with van der Waals surface area (Å²) in [6.45, 7) is 2.84. The average molecular weight is 367 g/mol. The van der Waals surface area contributed by atoms with E-state index < -0.39 is 0 Å². The SMILES string of the molecule is COCCC(C)C(NN)c1ncc(Br)cc1Br. The first-order valence-electron chi connectivity index (χ1n) is 5.36. The molecule has 0 radical (unpaired) electrons. The minimum atomic E-state index is 0.00706. The van der Waals surface area contributed by atoms with Gasteiger partial charge in [0.05, 0.1) is 11.7 Å². The zero-order chi connectivity index (χ0) is 12.8. The third-order valence-electron chi connectivity index (χ3n) is 2.66. The highest BCUT2D eigenvalue weighted by molar-refractivity contribution is 9.11. The number of pyridine rings is 1. The van der Waals surface area contributed by atoms with E-state index in [9.17, 15) is 0 Å². The molecule has 2 unspecified atom stereocenters. The predicted molar refractivity (Wildman–Crippen MR) is 75.4 cm³/mol. The maximum Gasteiger partial charge on any atom is 0.0731 e. The highest BCUT2D eigenvalue weighted by Gasteiger charge is 2.21. The van der Waals surface area contributed by atoms with Crippen LogP contribution in [0.1, 0.15) is 25.1 Å². The second-order valence-corrected chi connectivity index (χ2v) is 5.69. The van der Waals surface area contributed by atoms with Crippen molar-refractivity contribution in [2.45, 2.75) is 19.4 Å². The molecule has 1 aromatic heterocycles. The molecule has 1 rings (SSSR count). The van der Waals surface area contributed by atoms with E-state index in [0.717, 1.165) is 21.1 Å². The Morgan fingerprint density at radius 1 is 1.53 bits per heavy atom. The highest BCUT2D eigenvalue weighted by atomic mass is 79.9. The molecule has 0 bridgehead atoms. The summed E-state index contributed by atoms with van der Waals surface area (Å²) in [5, 5.41) is 0. The van der Waals surface area contributed by atoms with Gasteiger partial charge in [-0.05, 0) is 50.3 Å². The second kappa shape index (κ2) is 7.43. The molecule has 0 spiro atoms. The van der Waals surface area contributed by atoms with Gasteiger partial charge in [0.15, 0.2) is 0 Å². The van der Waals surface area contributed by atoms with Crippen molar-refractivity contribution in [2.75, 3.05) is 13.7 Å². The standard InChI is InChI=1S/C11H17Br2N3O/c1-7(3-4-17-2)10(16-14)11-9(13)5-8(12)6-15-11/h5-7,10,16H,3-4,14H2,1-2H3. The number of nitrogens with one attached hydrogen (secondary N) is 1. The van der Waals surface area contributed by atoms with Crippen LogP contribution in [0.15, 0.2) is 21.2 Å². The van der Waals surface area contributed by atoms with Gasteiger partial charge >= 0.3 is 0 Å². The predicted octanol–water partition coefficient (Wildman–Crippen LogP) is 2.78. The number of aromatic nitrogens is 1. The van der Waals surface area contributed by atoms with Crippen LogP contribution in [0.5, 0.6) is 0 Å². The summed E-state index contributed by atoms with van der Waals surface area (Å²) in [5.41, 5.74) is 3.74. The number of methoxy groups -OCH3 is 1. The van der Waals surface area contributed by atoms with Crippen molar-refractivity contribution in [3.05, 3.63) is 26.9 Å². The van der Waals surface area contributed by atoms with E-state index in [1.54, 1.807) is 13.3 Å². The number of hydrogen-bond acceptors (Lipinski definition) is 4. The molecule has 0 aliphatic heterocycles. The molecule has 0 aliphatic rings. The van der Waals surface area contributed by atoms with E-state index in [2.05, 4.69) is 49.2 Å².